The summed E-state index contributed by atoms with van der Waals surface area (Å²) in [6.45, 7) is 16.1. The van der Waals surface area contributed by atoms with Crippen LogP contribution in [0.15, 0.2) is 0 Å². The summed E-state index contributed by atoms with van der Waals surface area (Å²) in [6, 6.07) is 0. The van der Waals surface area contributed by atoms with E-state index in [2.05, 4.69) is 46.4 Å². The summed E-state index contributed by atoms with van der Waals surface area (Å²) in [7, 11) is 1.77. The molecule has 0 bridgehead atoms. The molecule has 0 aromatic rings. The maximum Gasteiger partial charge on any atom is 0.0736 e. The minimum atomic E-state index is -0.0801. The first-order valence-electron chi connectivity index (χ1n) is 6.75. The molecule has 0 heterocycles. The van der Waals surface area contributed by atoms with Crippen molar-refractivity contribution in [2.75, 3.05) is 26.7 Å². The van der Waals surface area contributed by atoms with Crippen molar-refractivity contribution < 1.29 is 4.74 Å². The van der Waals surface area contributed by atoms with E-state index in [9.17, 15) is 0 Å². The highest BCUT2D eigenvalue weighted by molar-refractivity contribution is 4.93. The molecule has 0 spiro atoms. The predicted octanol–water partition coefficient (Wildman–Crippen LogP) is 2.35. The number of methoxy groups -OCH3 is 1. The zero-order valence-corrected chi connectivity index (χ0v) is 12.8. The second kappa shape index (κ2) is 7.34. The Morgan fingerprint density at radius 3 is 1.71 bits per heavy atom. The van der Waals surface area contributed by atoms with E-state index >= 15 is 0 Å². The first-order chi connectivity index (χ1) is 7.77. The van der Waals surface area contributed by atoms with Gasteiger partial charge in [0.25, 0.3) is 0 Å². The van der Waals surface area contributed by atoms with Crippen LogP contribution in [0.3, 0.4) is 0 Å². The average Bonchev–Trinajstić information content (AvgIpc) is 2.24. The van der Waals surface area contributed by atoms with Gasteiger partial charge in [-0.25, -0.2) is 0 Å². The monoisotopic (exact) mass is 244 g/mol. The molecule has 0 saturated heterocycles. The smallest absolute Gasteiger partial charge is 0.0736 e. The third-order valence-corrected chi connectivity index (χ3v) is 3.54. The summed E-state index contributed by atoms with van der Waals surface area (Å²) < 4.78 is 5.53. The first-order valence-corrected chi connectivity index (χ1v) is 6.75. The summed E-state index contributed by atoms with van der Waals surface area (Å²) in [5.41, 5.74) is 5.93. The highest BCUT2D eigenvalue weighted by Gasteiger charge is 2.36. The minimum absolute atomic E-state index is 0.0801. The van der Waals surface area contributed by atoms with Crippen molar-refractivity contribution >= 4 is 0 Å². The number of hydrogen-bond donors (Lipinski definition) is 1. The molecule has 0 saturated carbocycles. The van der Waals surface area contributed by atoms with Gasteiger partial charge >= 0.3 is 0 Å². The molecular formula is C14H32N2O. The lowest BCUT2D eigenvalue weighted by molar-refractivity contribution is -0.0403. The summed E-state index contributed by atoms with van der Waals surface area (Å²) in [6.07, 6.45) is 0.144. The van der Waals surface area contributed by atoms with E-state index in [1.54, 1.807) is 7.11 Å². The van der Waals surface area contributed by atoms with Crippen LogP contribution in [0, 0.1) is 11.8 Å². The van der Waals surface area contributed by atoms with Crippen molar-refractivity contribution in [3.05, 3.63) is 0 Å². The highest BCUT2D eigenvalue weighted by atomic mass is 16.5. The third kappa shape index (κ3) is 4.94. The van der Waals surface area contributed by atoms with Crippen LogP contribution in [-0.2, 0) is 4.74 Å². The van der Waals surface area contributed by atoms with E-state index < -0.39 is 0 Å². The van der Waals surface area contributed by atoms with Crippen molar-refractivity contribution in [3.63, 3.8) is 0 Å². The SMILES string of the molecule is COC(C)C(C)(CN)N(CC(C)C)CC(C)C. The van der Waals surface area contributed by atoms with E-state index in [0.29, 0.717) is 18.4 Å². The van der Waals surface area contributed by atoms with Crippen LogP contribution in [-0.4, -0.2) is 43.3 Å². The third-order valence-electron chi connectivity index (χ3n) is 3.54. The molecule has 2 unspecified atom stereocenters. The molecule has 0 aromatic carbocycles. The van der Waals surface area contributed by atoms with Gasteiger partial charge in [-0.2, -0.15) is 0 Å². The fraction of sp³-hybridized carbons (Fsp3) is 1.00. The standard InChI is InChI=1S/C14H32N2O/c1-11(2)8-16(9-12(3)4)14(6,10-15)13(5)17-7/h11-13H,8-10,15H2,1-7H3. The van der Waals surface area contributed by atoms with Crippen molar-refractivity contribution in [2.45, 2.75) is 53.2 Å². The summed E-state index contributed by atoms with van der Waals surface area (Å²) >= 11 is 0. The normalized spacial score (nSPS) is 17.8. The molecule has 0 aliphatic carbocycles. The van der Waals surface area contributed by atoms with Gasteiger partial charge in [0.1, 0.15) is 0 Å². The molecule has 0 aliphatic rings. The van der Waals surface area contributed by atoms with E-state index in [0.717, 1.165) is 13.1 Å². The van der Waals surface area contributed by atoms with E-state index in [1.807, 2.05) is 0 Å². The number of nitrogens with zero attached hydrogens (tertiary/aromatic N) is 1. The van der Waals surface area contributed by atoms with E-state index in [1.165, 1.54) is 0 Å². The number of rotatable bonds is 8. The lowest BCUT2D eigenvalue weighted by atomic mass is 9.91. The molecule has 0 rings (SSSR count). The van der Waals surface area contributed by atoms with Gasteiger partial charge in [-0.15, -0.1) is 0 Å². The van der Waals surface area contributed by atoms with Crippen LogP contribution < -0.4 is 5.73 Å². The van der Waals surface area contributed by atoms with Gasteiger partial charge in [-0.3, -0.25) is 4.90 Å². The Balaban J connectivity index is 4.94. The predicted molar refractivity (Wildman–Crippen MR) is 75.2 cm³/mol. The van der Waals surface area contributed by atoms with Crippen LogP contribution in [0.1, 0.15) is 41.5 Å². The van der Waals surface area contributed by atoms with Gasteiger partial charge in [-0.05, 0) is 25.7 Å². The van der Waals surface area contributed by atoms with Crippen LogP contribution in [0.5, 0.6) is 0 Å². The van der Waals surface area contributed by atoms with Crippen LogP contribution >= 0.6 is 0 Å². The molecular weight excluding hydrogens is 212 g/mol. The zero-order valence-electron chi connectivity index (χ0n) is 12.8. The maximum atomic E-state index is 6.01. The second-order valence-corrected chi connectivity index (χ2v) is 6.13. The Morgan fingerprint density at radius 1 is 1.06 bits per heavy atom. The maximum absolute atomic E-state index is 6.01. The number of nitrogens with two attached hydrogens (primary N) is 1. The molecule has 0 amide bonds. The topological polar surface area (TPSA) is 38.5 Å². The van der Waals surface area contributed by atoms with Gasteiger partial charge in [0.2, 0.25) is 0 Å². The van der Waals surface area contributed by atoms with Crippen LogP contribution in [0.4, 0.5) is 0 Å². The highest BCUT2D eigenvalue weighted by Crippen LogP contribution is 2.23. The van der Waals surface area contributed by atoms with Crippen LogP contribution in [0.2, 0.25) is 0 Å². The Hall–Kier alpha value is -0.120. The molecule has 17 heavy (non-hydrogen) atoms. The molecule has 3 heteroatoms. The minimum Gasteiger partial charge on any atom is -0.380 e. The molecule has 0 radical (unpaired) electrons. The van der Waals surface area contributed by atoms with Crippen molar-refractivity contribution in [2.24, 2.45) is 17.6 Å². The van der Waals surface area contributed by atoms with Crippen molar-refractivity contribution in [1.82, 2.24) is 4.90 Å². The Bertz CT molecular complexity index is 196. The molecule has 104 valence electrons. The summed E-state index contributed by atoms with van der Waals surface area (Å²) in [5, 5.41) is 0. The summed E-state index contributed by atoms with van der Waals surface area (Å²) in [5.74, 6) is 1.28. The average molecular weight is 244 g/mol. The lowest BCUT2D eigenvalue weighted by Crippen LogP contribution is -2.60. The molecule has 0 fully saturated rings. The van der Waals surface area contributed by atoms with Gasteiger partial charge < -0.3 is 10.5 Å². The molecule has 3 nitrogen and oxygen atoms in total. The number of hydrogen-bond acceptors (Lipinski definition) is 3. The lowest BCUT2D eigenvalue weighted by Gasteiger charge is -2.45. The molecule has 2 N–H and O–H groups in total. The summed E-state index contributed by atoms with van der Waals surface area (Å²) in [4.78, 5) is 2.50. The van der Waals surface area contributed by atoms with Gasteiger partial charge in [0, 0.05) is 26.7 Å². The van der Waals surface area contributed by atoms with Gasteiger partial charge in [0.05, 0.1) is 11.6 Å². The quantitative estimate of drug-likeness (QED) is 0.712. The van der Waals surface area contributed by atoms with Crippen molar-refractivity contribution in [3.8, 4) is 0 Å². The molecule has 2 atom stereocenters. The van der Waals surface area contributed by atoms with Gasteiger partial charge in [0.15, 0.2) is 0 Å². The fourth-order valence-corrected chi connectivity index (χ4v) is 2.18. The van der Waals surface area contributed by atoms with Crippen LogP contribution in [0.25, 0.3) is 0 Å². The van der Waals surface area contributed by atoms with E-state index in [-0.39, 0.29) is 11.6 Å². The number of ether oxygens (including phenoxy) is 1. The second-order valence-electron chi connectivity index (χ2n) is 6.13. The first kappa shape index (κ1) is 16.9. The Morgan fingerprint density at radius 2 is 1.47 bits per heavy atom. The Kier molecular flexibility index (Phi) is 7.29. The van der Waals surface area contributed by atoms with E-state index in [4.69, 9.17) is 10.5 Å². The van der Waals surface area contributed by atoms with Gasteiger partial charge in [-0.1, -0.05) is 27.7 Å². The zero-order chi connectivity index (χ0) is 13.6. The molecule has 0 aromatic heterocycles. The van der Waals surface area contributed by atoms with Crippen molar-refractivity contribution in [1.29, 1.82) is 0 Å². The fourth-order valence-electron chi connectivity index (χ4n) is 2.18. The molecule has 0 aliphatic heterocycles. The largest absolute Gasteiger partial charge is 0.380 e. The Labute approximate surface area is 108 Å².